The van der Waals surface area contributed by atoms with Gasteiger partial charge >= 0.3 is 11.9 Å². The Bertz CT molecular complexity index is 737. The fourth-order valence-corrected chi connectivity index (χ4v) is 6.61. The molecule has 0 aliphatic heterocycles. The smallest absolute Gasteiger partial charge is 0.314 e. The molecule has 0 amide bonds. The molecule has 2 N–H and O–H groups in total. The van der Waals surface area contributed by atoms with Crippen molar-refractivity contribution in [1.82, 2.24) is 0 Å². The van der Waals surface area contributed by atoms with E-state index >= 15 is 0 Å². The second-order valence-electron chi connectivity index (χ2n) is 13.4. The van der Waals surface area contributed by atoms with Crippen LogP contribution >= 0.6 is 24.4 Å². The van der Waals surface area contributed by atoms with Crippen LogP contribution in [0.25, 0.3) is 0 Å². The van der Waals surface area contributed by atoms with Crippen molar-refractivity contribution in [2.24, 2.45) is 22.7 Å². The highest BCUT2D eigenvalue weighted by atomic mass is 32.1. The van der Waals surface area contributed by atoms with Crippen molar-refractivity contribution in [3.63, 3.8) is 0 Å². The van der Waals surface area contributed by atoms with E-state index in [0.717, 1.165) is 51.4 Å². The van der Waals surface area contributed by atoms with E-state index in [4.69, 9.17) is 29.2 Å². The van der Waals surface area contributed by atoms with Crippen molar-refractivity contribution in [2.45, 2.75) is 170 Å². The van der Waals surface area contributed by atoms with E-state index < -0.39 is 22.8 Å². The molecule has 0 aliphatic carbocycles. The summed E-state index contributed by atoms with van der Waals surface area (Å²) in [7, 11) is 0. The van der Waals surface area contributed by atoms with Crippen molar-refractivity contribution in [1.29, 1.82) is 0 Å². The topological polar surface area (TPSA) is 83.8 Å². The van der Waals surface area contributed by atoms with E-state index in [0.29, 0.717) is 34.4 Å². The molecular weight excluding hydrogens is 577 g/mol. The van der Waals surface area contributed by atoms with E-state index in [1.807, 2.05) is 0 Å². The molecule has 0 spiro atoms. The van der Waals surface area contributed by atoms with Gasteiger partial charge in [0.2, 0.25) is 0 Å². The molecule has 0 saturated heterocycles. The van der Waals surface area contributed by atoms with Gasteiger partial charge in [-0.25, -0.2) is 0 Å². The number of aliphatic carboxylic acids is 2. The lowest BCUT2D eigenvalue weighted by atomic mass is 9.77. The summed E-state index contributed by atoms with van der Waals surface area (Å²) < 4.78 is 5.90. The number of unbranched alkanes of at least 4 members (excludes halogenated alkanes) is 8. The van der Waals surface area contributed by atoms with Crippen molar-refractivity contribution < 1.29 is 24.5 Å². The van der Waals surface area contributed by atoms with Gasteiger partial charge in [0.05, 0.1) is 10.8 Å². The van der Waals surface area contributed by atoms with Crippen LogP contribution in [0.5, 0.6) is 0 Å². The molecular formula is C36H66O5S2. The summed E-state index contributed by atoms with van der Waals surface area (Å²) in [6.07, 6.45) is 20.4. The molecule has 0 aliphatic rings. The zero-order valence-electron chi connectivity index (χ0n) is 28.6. The summed E-state index contributed by atoms with van der Waals surface area (Å²) in [5.41, 5.74) is -2.28. The third-order valence-electron chi connectivity index (χ3n) is 9.48. The second kappa shape index (κ2) is 24.3. The Labute approximate surface area is 275 Å². The minimum absolute atomic E-state index is 0.220. The van der Waals surface area contributed by atoms with E-state index in [1.54, 1.807) is 13.8 Å². The maximum Gasteiger partial charge on any atom is 0.314 e. The van der Waals surface area contributed by atoms with Gasteiger partial charge in [-0.2, -0.15) is 0 Å². The van der Waals surface area contributed by atoms with Gasteiger partial charge in [0, 0.05) is 22.9 Å². The largest absolute Gasteiger partial charge is 0.481 e. The number of hydrogen-bond acceptors (Lipinski definition) is 5. The normalized spacial score (nSPS) is 15.8. The predicted molar refractivity (Wildman–Crippen MR) is 190 cm³/mol. The molecule has 0 bridgehead atoms. The lowest BCUT2D eigenvalue weighted by molar-refractivity contribution is -0.145. The van der Waals surface area contributed by atoms with Crippen molar-refractivity contribution in [3.8, 4) is 0 Å². The molecule has 0 heterocycles. The predicted octanol–water partition coefficient (Wildman–Crippen LogP) is 11.0. The minimum atomic E-state index is -1.14. The quantitative estimate of drug-likeness (QED) is 0.0595. The van der Waals surface area contributed by atoms with Crippen LogP contribution in [0, 0.1) is 22.7 Å². The molecule has 252 valence electrons. The molecule has 4 unspecified atom stereocenters. The van der Waals surface area contributed by atoms with Crippen molar-refractivity contribution >= 4 is 46.1 Å². The first-order valence-electron chi connectivity index (χ1n) is 17.5. The molecule has 4 atom stereocenters. The first kappa shape index (κ1) is 42.1. The van der Waals surface area contributed by atoms with Gasteiger partial charge in [-0.15, -0.1) is 0 Å². The number of carbonyl (C=O) groups is 2. The maximum atomic E-state index is 12.4. The SMILES string of the molecule is CCCCCCC(CCCC)CC(=S)C(C)(CCOCCC(C)(C(=O)O)C(=S)CC(CCCC)CCCCCC)C(=O)O. The lowest BCUT2D eigenvalue weighted by Crippen LogP contribution is -2.39. The number of thiocarbonyl (C=S) groups is 2. The molecule has 0 aromatic heterocycles. The van der Waals surface area contributed by atoms with Gasteiger partial charge in [0.25, 0.3) is 0 Å². The van der Waals surface area contributed by atoms with Gasteiger partial charge in [0.15, 0.2) is 0 Å². The molecule has 0 aromatic rings. The highest BCUT2D eigenvalue weighted by Gasteiger charge is 2.40. The van der Waals surface area contributed by atoms with E-state index in [-0.39, 0.29) is 26.1 Å². The zero-order valence-corrected chi connectivity index (χ0v) is 30.3. The third kappa shape index (κ3) is 16.8. The van der Waals surface area contributed by atoms with E-state index in [1.165, 1.54) is 51.4 Å². The fraction of sp³-hybridized carbons (Fsp3) is 0.889. The molecule has 0 aromatic carbocycles. The average Bonchev–Trinajstić information content (AvgIpc) is 2.97. The van der Waals surface area contributed by atoms with Crippen molar-refractivity contribution in [2.75, 3.05) is 13.2 Å². The van der Waals surface area contributed by atoms with Crippen LogP contribution in [0.4, 0.5) is 0 Å². The Morgan fingerprint density at radius 3 is 1.21 bits per heavy atom. The van der Waals surface area contributed by atoms with Gasteiger partial charge < -0.3 is 14.9 Å². The summed E-state index contributed by atoms with van der Waals surface area (Å²) in [5, 5.41) is 20.3. The molecule has 0 rings (SSSR count). The summed E-state index contributed by atoms with van der Waals surface area (Å²) in [5.74, 6) is -0.965. The molecule has 5 nitrogen and oxygen atoms in total. The number of carboxylic acids is 2. The van der Waals surface area contributed by atoms with Crippen molar-refractivity contribution in [3.05, 3.63) is 0 Å². The Hall–Kier alpha value is -0.920. The highest BCUT2D eigenvalue weighted by Crippen LogP contribution is 2.33. The van der Waals surface area contributed by atoms with Gasteiger partial charge in [-0.3, -0.25) is 9.59 Å². The monoisotopic (exact) mass is 642 g/mol. The second-order valence-corrected chi connectivity index (χ2v) is 14.3. The summed E-state index contributed by atoms with van der Waals surface area (Å²) >= 11 is 11.6. The first-order valence-corrected chi connectivity index (χ1v) is 18.3. The van der Waals surface area contributed by atoms with Crippen LogP contribution in [0.2, 0.25) is 0 Å². The average molecular weight is 643 g/mol. The molecule has 0 radical (unpaired) electrons. The standard InChI is InChI=1S/C36H66O5S2/c1-7-11-15-17-21-29(19-13-9-3)27-31(42)35(5,33(37)38)23-25-41-26-24-36(6,34(39)40)32(43)28-30(20-14-10-4)22-18-16-12-8-2/h29-30H,7-28H2,1-6H3,(H,37,38)(H,39,40). The van der Waals surface area contributed by atoms with Crippen LogP contribution in [-0.2, 0) is 14.3 Å². The number of carboxylic acid groups (broad SMARTS) is 2. The molecule has 7 heteroatoms. The Balaban J connectivity index is 5.15. The summed E-state index contributed by atoms with van der Waals surface area (Å²) in [4.78, 5) is 26.0. The first-order chi connectivity index (χ1) is 20.4. The third-order valence-corrected chi connectivity index (χ3v) is 10.7. The fourth-order valence-electron chi connectivity index (χ4n) is 5.76. The van der Waals surface area contributed by atoms with Crippen LogP contribution in [0.1, 0.15) is 170 Å². The van der Waals surface area contributed by atoms with Gasteiger partial charge in [0.1, 0.15) is 0 Å². The van der Waals surface area contributed by atoms with Crippen LogP contribution < -0.4 is 0 Å². The zero-order chi connectivity index (χ0) is 32.7. The Kier molecular flexibility index (Phi) is 23.8. The number of rotatable bonds is 30. The Morgan fingerprint density at radius 1 is 0.581 bits per heavy atom. The van der Waals surface area contributed by atoms with Gasteiger partial charge in [-0.05, 0) is 51.4 Å². The lowest BCUT2D eigenvalue weighted by Gasteiger charge is -2.30. The van der Waals surface area contributed by atoms with E-state index in [9.17, 15) is 19.8 Å². The van der Waals surface area contributed by atoms with Crippen LogP contribution in [0.15, 0.2) is 0 Å². The molecule has 43 heavy (non-hydrogen) atoms. The highest BCUT2D eigenvalue weighted by molar-refractivity contribution is 7.80. The van der Waals surface area contributed by atoms with Crippen LogP contribution in [-0.4, -0.2) is 45.1 Å². The summed E-state index contributed by atoms with van der Waals surface area (Å²) in [6, 6.07) is 0. The number of ether oxygens (including phenoxy) is 1. The van der Waals surface area contributed by atoms with Crippen LogP contribution in [0.3, 0.4) is 0 Å². The summed E-state index contributed by atoms with van der Waals surface area (Å²) in [6.45, 7) is 12.7. The number of hydrogen-bond donors (Lipinski definition) is 2. The maximum absolute atomic E-state index is 12.4. The molecule has 0 saturated carbocycles. The Morgan fingerprint density at radius 2 is 0.907 bits per heavy atom. The van der Waals surface area contributed by atoms with E-state index in [2.05, 4.69) is 27.7 Å². The van der Waals surface area contributed by atoms with Gasteiger partial charge in [-0.1, -0.05) is 155 Å². The minimum Gasteiger partial charge on any atom is -0.481 e. The molecule has 0 fully saturated rings.